The van der Waals surface area contributed by atoms with Crippen LogP contribution in [0.5, 0.6) is 0 Å². The first kappa shape index (κ1) is 31.7. The Morgan fingerprint density at radius 3 is 1.57 bits per heavy atom. The second-order valence-corrected chi connectivity index (χ2v) is 14.1. The molecule has 0 spiro atoms. The lowest BCUT2D eigenvalue weighted by molar-refractivity contribution is 0.669. The van der Waals surface area contributed by atoms with Crippen molar-refractivity contribution in [3.05, 3.63) is 182 Å². The van der Waals surface area contributed by atoms with Gasteiger partial charge in [0.2, 0.25) is 0 Å². The highest BCUT2D eigenvalue weighted by Gasteiger charge is 2.18. The van der Waals surface area contributed by atoms with Crippen LogP contribution >= 0.6 is 11.3 Å². The summed E-state index contributed by atoms with van der Waals surface area (Å²) in [5, 5.41) is 12.8. The fraction of sp³-hybridized carbons (Fsp3) is 0. The molecule has 6 heteroatoms. The Kier molecular flexibility index (Phi) is 7.93. The van der Waals surface area contributed by atoms with Crippen molar-refractivity contribution in [3.63, 3.8) is 0 Å². The van der Waals surface area contributed by atoms with Gasteiger partial charge >= 0.3 is 0 Å². The molecule has 10 rings (SSSR count). The van der Waals surface area contributed by atoms with Crippen LogP contribution < -0.4 is 0 Å². The summed E-state index contributed by atoms with van der Waals surface area (Å²) in [5.41, 5.74) is 13.0. The van der Waals surface area contributed by atoms with Crippen molar-refractivity contribution in [3.8, 4) is 77.3 Å². The van der Waals surface area contributed by atoms with E-state index in [1.165, 1.54) is 5.56 Å². The number of hydrogen-bond acceptors (Lipinski definition) is 6. The van der Waals surface area contributed by atoms with Crippen LogP contribution in [0.25, 0.3) is 99.2 Å². The summed E-state index contributed by atoms with van der Waals surface area (Å²) in [6.45, 7) is 0. The fourth-order valence-corrected chi connectivity index (χ4v) is 7.83. The summed E-state index contributed by atoms with van der Waals surface area (Å²) in [6, 6.07) is 62.6. The maximum absolute atomic E-state index is 6.45. The van der Waals surface area contributed by atoms with E-state index in [0.29, 0.717) is 5.82 Å². The van der Waals surface area contributed by atoms with Gasteiger partial charge in [-0.1, -0.05) is 169 Å². The molecule has 0 N–H and O–H groups in total. The summed E-state index contributed by atoms with van der Waals surface area (Å²) >= 11 is 1.60. The molecule has 0 amide bonds. The molecule has 7 aromatic carbocycles. The fourth-order valence-electron chi connectivity index (χ4n) is 6.98. The first-order chi connectivity index (χ1) is 26.7. The van der Waals surface area contributed by atoms with Gasteiger partial charge in [-0.3, -0.25) is 0 Å². The Balaban J connectivity index is 1.05. The lowest BCUT2D eigenvalue weighted by atomic mass is 9.98. The summed E-state index contributed by atoms with van der Waals surface area (Å²) in [5.74, 6) is 0.669. The normalized spacial score (nSPS) is 11.3. The Hall–Kier alpha value is -7.02. The van der Waals surface area contributed by atoms with E-state index in [1.54, 1.807) is 11.3 Å². The minimum Gasteiger partial charge on any atom is -0.456 e. The number of aromatic nitrogens is 4. The van der Waals surface area contributed by atoms with Crippen molar-refractivity contribution < 1.29 is 4.42 Å². The highest BCUT2D eigenvalue weighted by molar-refractivity contribution is 7.17. The van der Waals surface area contributed by atoms with E-state index in [0.717, 1.165) is 87.8 Å². The van der Waals surface area contributed by atoms with Crippen molar-refractivity contribution in [2.75, 3.05) is 0 Å². The standard InChI is InChI=1S/C48H30N4OS/c1-4-11-31(12-5-1)32-19-23-35(24-20-32)46-49-41(34-13-6-2-7-14-34)30-42(50-46)39-17-10-18-44-45(39)40-29-38(27-28-43(40)53-44)33-21-25-37(26-22-33)48-52-51-47(54-48)36-15-8-3-9-16-36/h1-30H. The van der Waals surface area contributed by atoms with Gasteiger partial charge in [0.1, 0.15) is 21.2 Å². The molecule has 10 aromatic rings. The van der Waals surface area contributed by atoms with Crippen LogP contribution in [0.2, 0.25) is 0 Å². The number of fused-ring (bicyclic) bond motifs is 3. The monoisotopic (exact) mass is 710 g/mol. The molecular weight excluding hydrogens is 681 g/mol. The van der Waals surface area contributed by atoms with Gasteiger partial charge in [-0.15, -0.1) is 10.2 Å². The van der Waals surface area contributed by atoms with E-state index >= 15 is 0 Å². The molecule has 0 saturated heterocycles. The van der Waals surface area contributed by atoms with Crippen LogP contribution in [-0.4, -0.2) is 20.2 Å². The quantitative estimate of drug-likeness (QED) is 0.165. The van der Waals surface area contributed by atoms with Crippen molar-refractivity contribution in [1.82, 2.24) is 20.2 Å². The Bertz CT molecular complexity index is 2900. The van der Waals surface area contributed by atoms with Crippen molar-refractivity contribution in [1.29, 1.82) is 0 Å². The second kappa shape index (κ2) is 13.5. The van der Waals surface area contributed by atoms with Crippen LogP contribution in [0, 0.1) is 0 Å². The zero-order valence-electron chi connectivity index (χ0n) is 28.9. The summed E-state index contributed by atoms with van der Waals surface area (Å²) < 4.78 is 6.45. The van der Waals surface area contributed by atoms with E-state index in [-0.39, 0.29) is 0 Å². The maximum atomic E-state index is 6.45. The minimum atomic E-state index is 0.669. The molecule has 0 atom stereocenters. The van der Waals surface area contributed by atoms with Gasteiger partial charge in [-0.2, -0.15) is 0 Å². The van der Waals surface area contributed by atoms with E-state index in [1.807, 2.05) is 54.6 Å². The molecule has 0 bridgehead atoms. The largest absolute Gasteiger partial charge is 0.456 e. The zero-order chi connectivity index (χ0) is 35.8. The molecule has 0 fully saturated rings. The molecule has 54 heavy (non-hydrogen) atoms. The van der Waals surface area contributed by atoms with Gasteiger partial charge in [-0.05, 0) is 46.5 Å². The van der Waals surface area contributed by atoms with Gasteiger partial charge in [0.25, 0.3) is 0 Å². The van der Waals surface area contributed by atoms with Crippen molar-refractivity contribution in [2.24, 2.45) is 0 Å². The van der Waals surface area contributed by atoms with E-state index in [4.69, 9.17) is 14.4 Å². The highest BCUT2D eigenvalue weighted by Crippen LogP contribution is 2.40. The lowest BCUT2D eigenvalue weighted by Crippen LogP contribution is -1.96. The van der Waals surface area contributed by atoms with Crippen LogP contribution in [0.15, 0.2) is 186 Å². The average molecular weight is 711 g/mol. The number of benzene rings is 7. The van der Waals surface area contributed by atoms with Crippen molar-refractivity contribution in [2.45, 2.75) is 0 Å². The lowest BCUT2D eigenvalue weighted by Gasteiger charge is -2.11. The third-order valence-electron chi connectivity index (χ3n) is 9.73. The predicted molar refractivity (Wildman–Crippen MR) is 221 cm³/mol. The van der Waals surface area contributed by atoms with E-state index < -0.39 is 0 Å². The molecule has 5 nitrogen and oxygen atoms in total. The number of rotatable bonds is 7. The molecular formula is C48H30N4OS. The number of furan rings is 1. The SMILES string of the molecule is c1ccc(-c2ccc(-c3nc(-c4ccccc4)cc(-c4cccc5oc6ccc(-c7ccc(-c8nnc(-c9ccccc9)s8)cc7)cc6c45)n3)cc2)cc1. The minimum absolute atomic E-state index is 0.669. The number of nitrogens with zero attached hydrogens (tertiary/aromatic N) is 4. The third-order valence-corrected chi connectivity index (χ3v) is 10.7. The highest BCUT2D eigenvalue weighted by atomic mass is 32.1. The summed E-state index contributed by atoms with van der Waals surface area (Å²) in [4.78, 5) is 10.3. The molecule has 0 aliphatic rings. The molecule has 254 valence electrons. The Morgan fingerprint density at radius 2 is 0.889 bits per heavy atom. The van der Waals surface area contributed by atoms with Gasteiger partial charge < -0.3 is 4.42 Å². The molecule has 3 aromatic heterocycles. The van der Waals surface area contributed by atoms with Crippen LogP contribution in [-0.2, 0) is 0 Å². The van der Waals surface area contributed by atoms with E-state index in [9.17, 15) is 0 Å². The Labute approximate surface area is 315 Å². The second-order valence-electron chi connectivity index (χ2n) is 13.1. The van der Waals surface area contributed by atoms with Gasteiger partial charge in [0.05, 0.1) is 11.4 Å². The Morgan fingerprint density at radius 1 is 0.370 bits per heavy atom. The summed E-state index contributed by atoms with van der Waals surface area (Å²) in [6.07, 6.45) is 0. The zero-order valence-corrected chi connectivity index (χ0v) is 29.7. The topological polar surface area (TPSA) is 64.7 Å². The van der Waals surface area contributed by atoms with Gasteiger partial charge in [0, 0.05) is 38.6 Å². The first-order valence-corrected chi connectivity index (χ1v) is 18.6. The van der Waals surface area contributed by atoms with Gasteiger partial charge in [-0.25, -0.2) is 9.97 Å². The van der Waals surface area contributed by atoms with Crippen LogP contribution in [0.1, 0.15) is 0 Å². The molecule has 0 aliphatic carbocycles. The predicted octanol–water partition coefficient (Wildman–Crippen LogP) is 12.9. The van der Waals surface area contributed by atoms with Crippen molar-refractivity contribution >= 4 is 33.3 Å². The van der Waals surface area contributed by atoms with Crippen LogP contribution in [0.3, 0.4) is 0 Å². The van der Waals surface area contributed by atoms with Crippen LogP contribution in [0.4, 0.5) is 0 Å². The smallest absolute Gasteiger partial charge is 0.160 e. The first-order valence-electron chi connectivity index (χ1n) is 17.8. The maximum Gasteiger partial charge on any atom is 0.160 e. The molecule has 0 aliphatic heterocycles. The van der Waals surface area contributed by atoms with Gasteiger partial charge in [0.15, 0.2) is 5.82 Å². The number of hydrogen-bond donors (Lipinski definition) is 0. The molecule has 0 radical (unpaired) electrons. The summed E-state index contributed by atoms with van der Waals surface area (Å²) in [7, 11) is 0. The molecule has 3 heterocycles. The third kappa shape index (κ3) is 5.94. The molecule has 0 saturated carbocycles. The van der Waals surface area contributed by atoms with E-state index in [2.05, 4.69) is 138 Å². The average Bonchev–Trinajstić information content (AvgIpc) is 3.90. The molecule has 0 unspecified atom stereocenters.